The number of ether oxygens (including phenoxy) is 6. The van der Waals surface area contributed by atoms with Crippen LogP contribution in [0, 0.1) is 23.7 Å². The summed E-state index contributed by atoms with van der Waals surface area (Å²) in [6.07, 6.45) is -3.93. The lowest BCUT2D eigenvalue weighted by atomic mass is 9.75. The van der Waals surface area contributed by atoms with Crippen LogP contribution in [0.2, 0.25) is 0 Å². The quantitative estimate of drug-likeness (QED) is 0.207. The number of benzene rings is 1. The van der Waals surface area contributed by atoms with Crippen LogP contribution >= 0.6 is 0 Å². The second-order valence-electron chi connectivity index (χ2n) is 16.2. The number of aromatic nitrogens is 3. The molecule has 0 aliphatic carbocycles. The van der Waals surface area contributed by atoms with Crippen molar-refractivity contribution in [2.75, 3.05) is 20.7 Å². The SMILES string of the molecule is CC[C@H]1OC(=O)[C@H](C)C(=O)[C@H](C)C(OC2O[C@H](C)C[C@H](N(C)C)[C@H]2O)[C@](C)(OC(=O)OC/C(F)=C/c2ccc(-n3ccnn3)cc2)C[C@@H](C)C(=O)[C@H](C)[C@@H]2NC(=O)O[C@@H]21. The Labute approximate surface area is 342 Å². The number of aliphatic hydroxyl groups excluding tert-OH is 1. The van der Waals surface area contributed by atoms with Crippen molar-refractivity contribution in [2.45, 2.75) is 122 Å². The van der Waals surface area contributed by atoms with E-state index in [1.54, 1.807) is 72.3 Å². The molecular formula is C41H56FN5O12. The molecule has 3 aliphatic heterocycles. The van der Waals surface area contributed by atoms with Crippen molar-refractivity contribution in [2.24, 2.45) is 23.7 Å². The van der Waals surface area contributed by atoms with Gasteiger partial charge in [-0.2, -0.15) is 0 Å². The third-order valence-electron chi connectivity index (χ3n) is 11.5. The van der Waals surface area contributed by atoms with Crippen LogP contribution in [0.4, 0.5) is 14.0 Å². The maximum Gasteiger partial charge on any atom is 0.509 e. The van der Waals surface area contributed by atoms with Gasteiger partial charge in [-0.15, -0.1) is 5.10 Å². The molecule has 3 saturated heterocycles. The fourth-order valence-corrected chi connectivity index (χ4v) is 8.24. The third-order valence-corrected chi connectivity index (χ3v) is 11.5. The molecule has 2 N–H and O–H groups in total. The highest BCUT2D eigenvalue weighted by atomic mass is 19.1. The first-order valence-corrected chi connectivity index (χ1v) is 19.9. The van der Waals surface area contributed by atoms with Gasteiger partial charge >= 0.3 is 18.2 Å². The molecule has 0 spiro atoms. The topological polar surface area (TPSA) is 207 Å². The van der Waals surface area contributed by atoms with Crippen LogP contribution in [0.25, 0.3) is 11.8 Å². The summed E-state index contributed by atoms with van der Waals surface area (Å²) in [4.78, 5) is 70.2. The molecule has 0 radical (unpaired) electrons. The number of amides is 1. The monoisotopic (exact) mass is 829 g/mol. The summed E-state index contributed by atoms with van der Waals surface area (Å²) in [7, 11) is 3.57. The number of rotatable bonds is 9. The first-order valence-electron chi connectivity index (χ1n) is 19.9. The van der Waals surface area contributed by atoms with Gasteiger partial charge in [0.05, 0.1) is 30.2 Å². The van der Waals surface area contributed by atoms with Gasteiger partial charge in [-0.25, -0.2) is 18.7 Å². The van der Waals surface area contributed by atoms with E-state index in [-0.39, 0.29) is 18.6 Å². The van der Waals surface area contributed by atoms with Gasteiger partial charge in [-0.1, -0.05) is 45.0 Å². The number of halogens is 1. The van der Waals surface area contributed by atoms with Crippen molar-refractivity contribution in [3.05, 3.63) is 48.0 Å². The highest BCUT2D eigenvalue weighted by Crippen LogP contribution is 2.39. The largest absolute Gasteiger partial charge is 0.509 e. The second-order valence-corrected chi connectivity index (χ2v) is 16.2. The van der Waals surface area contributed by atoms with Crippen LogP contribution in [0.3, 0.4) is 0 Å². The Bertz CT molecular complexity index is 1840. The number of fused-ring (bicyclic) bond motifs is 1. The molecule has 1 aromatic heterocycles. The lowest BCUT2D eigenvalue weighted by molar-refractivity contribution is -0.293. The van der Waals surface area contributed by atoms with E-state index in [0.717, 1.165) is 0 Å². The summed E-state index contributed by atoms with van der Waals surface area (Å²) in [5, 5.41) is 21.9. The molecule has 17 nitrogen and oxygen atoms in total. The number of aliphatic hydroxyl groups is 1. The van der Waals surface area contributed by atoms with E-state index in [1.807, 2.05) is 4.90 Å². The average Bonchev–Trinajstić information content (AvgIpc) is 3.88. The normalized spacial score (nSPS) is 34.9. The van der Waals surface area contributed by atoms with Gasteiger partial charge in [-0.05, 0) is 77.9 Å². The lowest BCUT2D eigenvalue weighted by Crippen LogP contribution is -2.60. The zero-order valence-electron chi connectivity index (χ0n) is 34.9. The molecule has 5 rings (SSSR count). The predicted molar refractivity (Wildman–Crippen MR) is 207 cm³/mol. The molecule has 1 amide bonds. The summed E-state index contributed by atoms with van der Waals surface area (Å²) in [6, 6.07) is 5.34. The highest BCUT2D eigenvalue weighted by molar-refractivity contribution is 6.00. The molecular weight excluding hydrogens is 773 g/mol. The summed E-state index contributed by atoms with van der Waals surface area (Å²) in [5.41, 5.74) is -0.772. The fraction of sp³-hybridized carbons (Fsp3) is 0.634. The van der Waals surface area contributed by atoms with Crippen molar-refractivity contribution >= 4 is 35.9 Å². The number of carbonyl (C=O) groups is 5. The molecule has 0 saturated carbocycles. The number of esters is 1. The number of nitrogens with one attached hydrogen (secondary N) is 1. The number of alkyl carbamates (subject to hydrolysis) is 1. The molecule has 18 heteroatoms. The number of Topliss-reactive ketones (excluding diaryl/α,β-unsaturated/α-hetero) is 2. The standard InChI is InChI=1S/C41H56FN5O12/c1-10-30-35-31(44-39(52)57-35)23(4)32(48)21(2)19-41(7,59-40(53)54-20-27(42)18-26-11-13-28(14-12-26)47-16-15-43-45-47)36(24(5)33(49)25(6)37(51)56-30)58-38-34(50)29(46(8)9)17-22(3)55-38/h11-16,18,21-25,29-31,34-36,38,50H,10,17,19-20H2,1-9H3,(H,44,52)/b27-18-/t21-,22-,23-,24+,25-,29+,30-,31+,34-,35-,36?,38?,41-/m1/s1. The number of nitrogens with zero attached hydrogens (tertiary/aromatic N) is 4. The van der Waals surface area contributed by atoms with E-state index < -0.39 is 115 Å². The molecule has 4 heterocycles. The smallest absolute Gasteiger partial charge is 0.458 e. The van der Waals surface area contributed by atoms with Crippen LogP contribution in [-0.2, 0) is 42.8 Å². The number of cyclic esters (lactones) is 1. The maximum atomic E-state index is 15.2. The van der Waals surface area contributed by atoms with Crippen LogP contribution < -0.4 is 5.32 Å². The number of likely N-dealkylation sites (N-methyl/N-ethyl adjacent to an activating group) is 1. The molecule has 3 aliphatic rings. The fourth-order valence-electron chi connectivity index (χ4n) is 8.24. The molecule has 3 fully saturated rings. The minimum absolute atomic E-state index is 0.211. The Kier molecular flexibility index (Phi) is 14.6. The number of hydrogen-bond acceptors (Lipinski definition) is 15. The first kappa shape index (κ1) is 45.3. The zero-order valence-corrected chi connectivity index (χ0v) is 34.9. The number of hydrogen-bond donors (Lipinski definition) is 2. The average molecular weight is 830 g/mol. The van der Waals surface area contributed by atoms with Crippen LogP contribution in [0.5, 0.6) is 0 Å². The number of ketones is 2. The molecule has 324 valence electrons. The Morgan fingerprint density at radius 2 is 1.76 bits per heavy atom. The molecule has 2 unspecified atom stereocenters. The van der Waals surface area contributed by atoms with E-state index in [9.17, 15) is 29.1 Å². The first-order chi connectivity index (χ1) is 27.8. The van der Waals surface area contributed by atoms with Crippen molar-refractivity contribution in [3.63, 3.8) is 0 Å². The summed E-state index contributed by atoms with van der Waals surface area (Å²) < 4.78 is 51.9. The van der Waals surface area contributed by atoms with E-state index in [1.165, 1.54) is 37.7 Å². The van der Waals surface area contributed by atoms with Crippen molar-refractivity contribution in [3.8, 4) is 5.69 Å². The van der Waals surface area contributed by atoms with Gasteiger partial charge in [0.1, 0.15) is 48.0 Å². The Hall–Kier alpha value is -4.78. The summed E-state index contributed by atoms with van der Waals surface area (Å²) >= 11 is 0. The molecule has 2 aromatic rings. The number of carbonyl (C=O) groups excluding carboxylic acids is 5. The van der Waals surface area contributed by atoms with Gasteiger partial charge in [0, 0.05) is 23.8 Å². The molecule has 0 bridgehead atoms. The van der Waals surface area contributed by atoms with Crippen molar-refractivity contribution in [1.82, 2.24) is 25.2 Å². The van der Waals surface area contributed by atoms with Gasteiger partial charge in [0.25, 0.3) is 0 Å². The van der Waals surface area contributed by atoms with Crippen molar-refractivity contribution < 1.29 is 61.9 Å². The molecule has 59 heavy (non-hydrogen) atoms. The Morgan fingerprint density at radius 3 is 2.39 bits per heavy atom. The predicted octanol–water partition coefficient (Wildman–Crippen LogP) is 4.19. The zero-order chi connectivity index (χ0) is 43.3. The lowest BCUT2D eigenvalue weighted by Gasteiger charge is -2.46. The van der Waals surface area contributed by atoms with Gasteiger partial charge in [0.2, 0.25) is 0 Å². The Morgan fingerprint density at radius 1 is 1.07 bits per heavy atom. The second kappa shape index (κ2) is 19.1. The van der Waals surface area contributed by atoms with Gasteiger partial charge < -0.3 is 43.7 Å². The van der Waals surface area contributed by atoms with E-state index >= 15 is 4.39 Å². The van der Waals surface area contributed by atoms with E-state index in [4.69, 9.17) is 28.4 Å². The van der Waals surface area contributed by atoms with Gasteiger partial charge in [0.15, 0.2) is 18.2 Å². The summed E-state index contributed by atoms with van der Waals surface area (Å²) in [5.74, 6) is -7.26. The van der Waals surface area contributed by atoms with Crippen molar-refractivity contribution in [1.29, 1.82) is 0 Å². The van der Waals surface area contributed by atoms with Crippen LogP contribution in [-0.4, -0.2) is 130 Å². The van der Waals surface area contributed by atoms with Crippen LogP contribution in [0.15, 0.2) is 42.5 Å². The summed E-state index contributed by atoms with van der Waals surface area (Å²) in [6.45, 7) is 10.2. The third kappa shape index (κ3) is 10.5. The van der Waals surface area contributed by atoms with E-state index in [2.05, 4.69) is 15.6 Å². The van der Waals surface area contributed by atoms with Crippen LogP contribution in [0.1, 0.15) is 73.3 Å². The minimum Gasteiger partial charge on any atom is -0.458 e. The Balaban J connectivity index is 1.49. The highest BCUT2D eigenvalue weighted by Gasteiger charge is 2.53. The molecule has 13 atom stereocenters. The van der Waals surface area contributed by atoms with E-state index in [0.29, 0.717) is 17.7 Å². The molecule has 1 aromatic carbocycles. The van der Waals surface area contributed by atoms with Gasteiger partial charge in [-0.3, -0.25) is 14.4 Å². The minimum atomic E-state index is -1.93. The maximum absolute atomic E-state index is 15.2.